The Labute approximate surface area is 72.4 Å². The summed E-state index contributed by atoms with van der Waals surface area (Å²) in [5.41, 5.74) is 4.88. The van der Waals surface area contributed by atoms with Crippen LogP contribution in [0.15, 0.2) is 11.1 Å². The van der Waals surface area contributed by atoms with Crippen LogP contribution in [0.5, 0.6) is 0 Å². The third kappa shape index (κ3) is 2.04. The van der Waals surface area contributed by atoms with E-state index in [2.05, 4.69) is 9.97 Å². The monoisotopic (exact) mass is 191 g/mol. The van der Waals surface area contributed by atoms with Crippen LogP contribution in [0.3, 0.4) is 0 Å². The van der Waals surface area contributed by atoms with E-state index in [-0.39, 0.29) is 11.6 Å². The fourth-order valence-electron chi connectivity index (χ4n) is 0.678. The molecule has 0 fully saturated rings. The number of halogens is 2. The molecular weight excluding hydrogens is 184 g/mol. The molecule has 1 heterocycles. The predicted molar refractivity (Wildman–Crippen MR) is 43.2 cm³/mol. The maximum atomic E-state index is 12.1. The number of aromatic nitrogens is 2. The van der Waals surface area contributed by atoms with Crippen molar-refractivity contribution in [2.45, 2.75) is 11.5 Å². The highest BCUT2D eigenvalue weighted by atomic mass is 32.2. The van der Waals surface area contributed by atoms with E-state index in [0.29, 0.717) is 5.03 Å². The molecule has 0 aliphatic rings. The summed E-state index contributed by atoms with van der Waals surface area (Å²) < 4.78 is 24.2. The highest BCUT2D eigenvalue weighted by molar-refractivity contribution is 7.98. The van der Waals surface area contributed by atoms with E-state index in [9.17, 15) is 8.78 Å². The van der Waals surface area contributed by atoms with Gasteiger partial charge in [-0.15, -0.1) is 11.8 Å². The average Bonchev–Trinajstić information content (AvgIpc) is 2.03. The largest absolute Gasteiger partial charge is 0.368 e. The van der Waals surface area contributed by atoms with Gasteiger partial charge in [-0.05, 0) is 12.3 Å². The first-order valence-electron chi connectivity index (χ1n) is 3.10. The summed E-state index contributed by atoms with van der Waals surface area (Å²) in [5, 5.41) is 0.456. The number of alkyl halides is 2. The lowest BCUT2D eigenvalue weighted by atomic mass is 10.4. The third-order valence-corrected chi connectivity index (χ3v) is 1.80. The molecule has 0 bridgehead atoms. The quantitative estimate of drug-likeness (QED) is 0.571. The zero-order valence-corrected chi connectivity index (χ0v) is 7.11. The molecule has 0 aliphatic carbocycles. The molecule has 2 N–H and O–H groups in total. The molecule has 1 aromatic rings. The Morgan fingerprint density at radius 3 is 2.67 bits per heavy atom. The number of thioether (sulfide) groups is 1. The highest BCUT2D eigenvalue weighted by Gasteiger charge is 2.11. The van der Waals surface area contributed by atoms with E-state index in [0.717, 1.165) is 0 Å². The normalized spacial score (nSPS) is 10.7. The number of anilines is 1. The van der Waals surface area contributed by atoms with E-state index >= 15 is 0 Å². The molecule has 0 atom stereocenters. The van der Waals surface area contributed by atoms with Gasteiger partial charge in [-0.3, -0.25) is 0 Å². The minimum Gasteiger partial charge on any atom is -0.368 e. The van der Waals surface area contributed by atoms with E-state index < -0.39 is 6.43 Å². The second kappa shape index (κ2) is 3.66. The summed E-state index contributed by atoms with van der Waals surface area (Å²) in [5.74, 6) is -0.114. The van der Waals surface area contributed by atoms with Crippen LogP contribution >= 0.6 is 11.8 Å². The van der Waals surface area contributed by atoms with Gasteiger partial charge in [-0.1, -0.05) is 0 Å². The summed E-state index contributed by atoms with van der Waals surface area (Å²) in [6.07, 6.45) is -0.863. The van der Waals surface area contributed by atoms with Gasteiger partial charge in [0.25, 0.3) is 6.43 Å². The maximum Gasteiger partial charge on any atom is 0.280 e. The number of nitrogens with two attached hydrogens (primary N) is 1. The molecule has 0 radical (unpaired) electrons. The summed E-state index contributed by atoms with van der Waals surface area (Å²) >= 11 is 1.25. The molecule has 0 saturated carbocycles. The fourth-order valence-corrected chi connectivity index (χ4v) is 1.10. The Kier molecular flexibility index (Phi) is 2.80. The second-order valence-corrected chi connectivity index (χ2v) is 2.82. The van der Waals surface area contributed by atoms with Crippen LogP contribution in [0.25, 0.3) is 0 Å². The first-order valence-corrected chi connectivity index (χ1v) is 4.32. The van der Waals surface area contributed by atoms with Crippen LogP contribution in [-0.2, 0) is 0 Å². The van der Waals surface area contributed by atoms with Crippen molar-refractivity contribution in [2.75, 3.05) is 12.0 Å². The minimum absolute atomic E-state index is 0.114. The molecule has 0 amide bonds. The highest BCUT2D eigenvalue weighted by Crippen LogP contribution is 2.21. The number of hydrogen-bond donors (Lipinski definition) is 1. The van der Waals surface area contributed by atoms with Crippen molar-refractivity contribution in [3.8, 4) is 0 Å². The van der Waals surface area contributed by atoms with Crippen molar-refractivity contribution in [3.05, 3.63) is 11.8 Å². The van der Waals surface area contributed by atoms with Gasteiger partial charge in [0.1, 0.15) is 10.7 Å². The van der Waals surface area contributed by atoms with Crippen molar-refractivity contribution < 1.29 is 8.78 Å². The molecule has 3 nitrogen and oxygen atoms in total. The van der Waals surface area contributed by atoms with Crippen molar-refractivity contribution in [2.24, 2.45) is 0 Å². The Balaban J connectivity index is 3.06. The smallest absolute Gasteiger partial charge is 0.280 e. The van der Waals surface area contributed by atoms with Crippen molar-refractivity contribution in [1.82, 2.24) is 9.97 Å². The van der Waals surface area contributed by atoms with Gasteiger partial charge >= 0.3 is 0 Å². The van der Waals surface area contributed by atoms with Gasteiger partial charge in [0.05, 0.1) is 0 Å². The Hall–Kier alpha value is -0.910. The zero-order chi connectivity index (χ0) is 9.14. The molecular formula is C6H7F2N3S. The van der Waals surface area contributed by atoms with Crippen LogP contribution < -0.4 is 5.73 Å². The fraction of sp³-hybridized carbons (Fsp3) is 0.333. The summed E-state index contributed by atoms with van der Waals surface area (Å²) in [4.78, 5) is 7.12. The Morgan fingerprint density at radius 1 is 1.50 bits per heavy atom. The average molecular weight is 191 g/mol. The first kappa shape index (κ1) is 9.18. The second-order valence-electron chi connectivity index (χ2n) is 1.99. The SMILES string of the molecule is CSc1cc(C(F)F)nc(N)n1. The van der Waals surface area contributed by atoms with Crippen LogP contribution in [0, 0.1) is 0 Å². The summed E-state index contributed by atoms with van der Waals surface area (Å²) in [7, 11) is 0. The predicted octanol–water partition coefficient (Wildman–Crippen LogP) is 1.72. The van der Waals surface area contributed by atoms with Crippen LogP contribution in [0.1, 0.15) is 12.1 Å². The van der Waals surface area contributed by atoms with Crippen molar-refractivity contribution in [1.29, 1.82) is 0 Å². The van der Waals surface area contributed by atoms with Crippen molar-refractivity contribution in [3.63, 3.8) is 0 Å². The summed E-state index contributed by atoms with van der Waals surface area (Å²) in [6.45, 7) is 0. The molecule has 0 aliphatic heterocycles. The van der Waals surface area contributed by atoms with Gasteiger partial charge in [0.15, 0.2) is 0 Å². The Morgan fingerprint density at radius 2 is 2.17 bits per heavy atom. The van der Waals surface area contributed by atoms with Gasteiger partial charge < -0.3 is 5.73 Å². The molecule has 12 heavy (non-hydrogen) atoms. The van der Waals surface area contributed by atoms with Crippen LogP contribution in [0.4, 0.5) is 14.7 Å². The Bertz CT molecular complexity index is 279. The topological polar surface area (TPSA) is 51.8 Å². The molecule has 0 spiro atoms. The van der Waals surface area contributed by atoms with Crippen LogP contribution in [-0.4, -0.2) is 16.2 Å². The number of nitrogens with zero attached hydrogens (tertiary/aromatic N) is 2. The van der Waals surface area contributed by atoms with Gasteiger partial charge in [-0.25, -0.2) is 18.7 Å². The number of nitrogen functional groups attached to an aromatic ring is 1. The lowest BCUT2D eigenvalue weighted by Gasteiger charge is -2.01. The molecule has 66 valence electrons. The molecule has 6 heteroatoms. The van der Waals surface area contributed by atoms with E-state index in [1.54, 1.807) is 6.26 Å². The number of hydrogen-bond acceptors (Lipinski definition) is 4. The summed E-state index contributed by atoms with van der Waals surface area (Å²) in [6, 6.07) is 1.23. The minimum atomic E-state index is -2.60. The maximum absolute atomic E-state index is 12.1. The zero-order valence-electron chi connectivity index (χ0n) is 6.29. The lowest BCUT2D eigenvalue weighted by molar-refractivity contribution is 0.145. The molecule has 1 rings (SSSR count). The standard InChI is InChI=1S/C6H7F2N3S/c1-12-4-2-3(5(7)8)10-6(9)11-4/h2,5H,1H3,(H2,9,10,11). The van der Waals surface area contributed by atoms with Gasteiger partial charge in [0, 0.05) is 0 Å². The third-order valence-electron chi connectivity index (χ3n) is 1.17. The van der Waals surface area contributed by atoms with Crippen molar-refractivity contribution >= 4 is 17.7 Å². The van der Waals surface area contributed by atoms with E-state index in [1.165, 1.54) is 17.8 Å². The lowest BCUT2D eigenvalue weighted by Crippen LogP contribution is -2.00. The first-order chi connectivity index (χ1) is 5.63. The van der Waals surface area contributed by atoms with E-state index in [4.69, 9.17) is 5.73 Å². The van der Waals surface area contributed by atoms with Crippen LogP contribution in [0.2, 0.25) is 0 Å². The number of rotatable bonds is 2. The van der Waals surface area contributed by atoms with Gasteiger partial charge in [0.2, 0.25) is 5.95 Å². The molecule has 0 unspecified atom stereocenters. The molecule has 1 aromatic heterocycles. The van der Waals surface area contributed by atoms with E-state index in [1.807, 2.05) is 0 Å². The molecule has 0 aromatic carbocycles. The van der Waals surface area contributed by atoms with Gasteiger partial charge in [-0.2, -0.15) is 0 Å². The molecule has 0 saturated heterocycles.